The molecule has 0 unspecified atom stereocenters. The van der Waals surface area contributed by atoms with Crippen LogP contribution in [0.15, 0.2) is 58.2 Å². The van der Waals surface area contributed by atoms with E-state index in [1.165, 1.54) is 18.2 Å². The summed E-state index contributed by atoms with van der Waals surface area (Å²) in [6.45, 7) is 0.339. The number of thioether (sulfide) groups is 1. The Labute approximate surface area is 164 Å². The lowest BCUT2D eigenvalue weighted by atomic mass is 10.2. The number of carbonyl (C=O) groups is 1. The van der Waals surface area contributed by atoms with Gasteiger partial charge in [-0.2, -0.15) is 0 Å². The van der Waals surface area contributed by atoms with Crippen molar-refractivity contribution in [3.05, 3.63) is 64.2 Å². The molecule has 28 heavy (non-hydrogen) atoms. The molecule has 9 nitrogen and oxygen atoms in total. The number of hydrogen-bond acceptors (Lipinski definition) is 8. The van der Waals surface area contributed by atoms with E-state index in [1.54, 1.807) is 13.2 Å². The molecular weight excluding hydrogens is 384 g/mol. The predicted molar refractivity (Wildman–Crippen MR) is 102 cm³/mol. The van der Waals surface area contributed by atoms with Crippen LogP contribution < -0.4 is 10.1 Å². The average molecular weight is 400 g/mol. The minimum absolute atomic E-state index is 0.0689. The first-order valence-electron chi connectivity index (χ1n) is 8.16. The average Bonchev–Trinajstić information content (AvgIpc) is 3.20. The minimum Gasteiger partial charge on any atom is -0.496 e. The van der Waals surface area contributed by atoms with Gasteiger partial charge in [-0.25, -0.2) is 0 Å². The largest absolute Gasteiger partial charge is 0.496 e. The molecule has 1 N–H and O–H groups in total. The zero-order valence-electron chi connectivity index (χ0n) is 14.8. The SMILES string of the molecule is COc1ccccc1CNC(=O)CSc1nnc(-c2cccc([N+](=O)[O-])c2)o1. The Morgan fingerprint density at radius 2 is 2.07 bits per heavy atom. The number of nitro groups is 1. The number of amides is 1. The van der Waals surface area contributed by atoms with Crippen molar-refractivity contribution >= 4 is 23.4 Å². The molecule has 0 bridgehead atoms. The number of non-ortho nitro benzene ring substituents is 1. The maximum absolute atomic E-state index is 12.0. The number of nitro benzene ring substituents is 1. The van der Waals surface area contributed by atoms with E-state index in [9.17, 15) is 14.9 Å². The number of rotatable bonds is 8. The molecule has 1 amide bonds. The normalized spacial score (nSPS) is 10.5. The fourth-order valence-electron chi connectivity index (χ4n) is 2.36. The van der Waals surface area contributed by atoms with Crippen molar-refractivity contribution in [1.29, 1.82) is 0 Å². The maximum Gasteiger partial charge on any atom is 0.277 e. The number of nitrogens with zero attached hydrogens (tertiary/aromatic N) is 3. The molecule has 2 aromatic carbocycles. The topological polar surface area (TPSA) is 120 Å². The van der Waals surface area contributed by atoms with Crippen molar-refractivity contribution in [2.24, 2.45) is 0 Å². The Kier molecular flexibility index (Phi) is 6.22. The van der Waals surface area contributed by atoms with Crippen LogP contribution in [0.5, 0.6) is 5.75 Å². The lowest BCUT2D eigenvalue weighted by molar-refractivity contribution is -0.384. The van der Waals surface area contributed by atoms with E-state index in [0.29, 0.717) is 17.9 Å². The van der Waals surface area contributed by atoms with Crippen LogP contribution in [0.1, 0.15) is 5.56 Å². The van der Waals surface area contributed by atoms with E-state index >= 15 is 0 Å². The van der Waals surface area contributed by atoms with Crippen LogP contribution in [0.3, 0.4) is 0 Å². The molecule has 0 aliphatic heterocycles. The number of nitrogens with one attached hydrogen (secondary N) is 1. The summed E-state index contributed by atoms with van der Waals surface area (Å²) in [4.78, 5) is 22.4. The Bertz CT molecular complexity index is 991. The molecule has 3 aromatic rings. The zero-order valence-corrected chi connectivity index (χ0v) is 15.6. The number of aromatic nitrogens is 2. The molecule has 144 valence electrons. The summed E-state index contributed by atoms with van der Waals surface area (Å²) >= 11 is 1.08. The van der Waals surface area contributed by atoms with Gasteiger partial charge in [-0.05, 0) is 12.1 Å². The quantitative estimate of drug-likeness (QED) is 0.348. The number of para-hydroxylation sites is 1. The molecule has 0 saturated carbocycles. The second-order valence-corrected chi connectivity index (χ2v) is 6.48. The molecular formula is C18H16N4O5S. The van der Waals surface area contributed by atoms with Gasteiger partial charge in [0.05, 0.1) is 17.8 Å². The van der Waals surface area contributed by atoms with Crippen molar-refractivity contribution in [1.82, 2.24) is 15.5 Å². The molecule has 10 heteroatoms. The Morgan fingerprint density at radius 1 is 1.25 bits per heavy atom. The molecule has 0 aliphatic carbocycles. The van der Waals surface area contributed by atoms with E-state index < -0.39 is 4.92 Å². The third kappa shape index (κ3) is 4.86. The first-order chi connectivity index (χ1) is 13.6. The molecule has 0 saturated heterocycles. The van der Waals surface area contributed by atoms with Gasteiger partial charge >= 0.3 is 0 Å². The summed E-state index contributed by atoms with van der Waals surface area (Å²) in [5.74, 6) is 0.742. The smallest absolute Gasteiger partial charge is 0.277 e. The second-order valence-electron chi connectivity index (χ2n) is 5.56. The summed E-state index contributed by atoms with van der Waals surface area (Å²) in [5.41, 5.74) is 1.24. The Morgan fingerprint density at radius 3 is 2.86 bits per heavy atom. The van der Waals surface area contributed by atoms with Crippen LogP contribution >= 0.6 is 11.8 Å². The fraction of sp³-hybridized carbons (Fsp3) is 0.167. The summed E-state index contributed by atoms with van der Waals surface area (Å²) in [7, 11) is 1.57. The van der Waals surface area contributed by atoms with E-state index in [2.05, 4.69) is 15.5 Å². The van der Waals surface area contributed by atoms with Crippen LogP contribution in [0.2, 0.25) is 0 Å². The molecule has 0 radical (unpaired) electrons. The number of benzene rings is 2. The third-order valence-corrected chi connectivity index (χ3v) is 4.52. The molecule has 1 heterocycles. The fourth-order valence-corrected chi connectivity index (χ4v) is 2.95. The predicted octanol–water partition coefficient (Wildman–Crippen LogP) is 3.06. The molecule has 0 atom stereocenters. The number of ether oxygens (including phenoxy) is 1. The van der Waals surface area contributed by atoms with Crippen LogP contribution in [0.4, 0.5) is 5.69 Å². The van der Waals surface area contributed by atoms with Crippen LogP contribution in [-0.4, -0.2) is 33.9 Å². The molecule has 0 aliphatic rings. The molecule has 1 aromatic heterocycles. The van der Waals surface area contributed by atoms with E-state index in [4.69, 9.17) is 9.15 Å². The lowest BCUT2D eigenvalue weighted by Gasteiger charge is -2.08. The van der Waals surface area contributed by atoms with Crippen LogP contribution in [0, 0.1) is 10.1 Å². The lowest BCUT2D eigenvalue weighted by Crippen LogP contribution is -2.24. The number of carbonyl (C=O) groups excluding carboxylic acids is 1. The van der Waals surface area contributed by atoms with Crippen LogP contribution in [0.25, 0.3) is 11.5 Å². The number of hydrogen-bond donors (Lipinski definition) is 1. The number of methoxy groups -OCH3 is 1. The summed E-state index contributed by atoms with van der Waals surface area (Å²) in [6.07, 6.45) is 0. The monoisotopic (exact) mass is 400 g/mol. The van der Waals surface area contributed by atoms with Gasteiger partial charge in [0.25, 0.3) is 10.9 Å². The van der Waals surface area contributed by atoms with Gasteiger partial charge < -0.3 is 14.5 Å². The second kappa shape index (κ2) is 9.00. The van der Waals surface area contributed by atoms with Gasteiger partial charge in [0.15, 0.2) is 0 Å². The van der Waals surface area contributed by atoms with Crippen molar-refractivity contribution < 1.29 is 18.9 Å². The molecule has 0 spiro atoms. The Hall–Kier alpha value is -3.40. The molecule has 3 rings (SSSR count). The van der Waals surface area contributed by atoms with Gasteiger partial charge in [0, 0.05) is 29.8 Å². The van der Waals surface area contributed by atoms with Crippen molar-refractivity contribution in [2.75, 3.05) is 12.9 Å². The highest BCUT2D eigenvalue weighted by molar-refractivity contribution is 7.99. The highest BCUT2D eigenvalue weighted by Gasteiger charge is 2.14. The van der Waals surface area contributed by atoms with Gasteiger partial charge in [-0.15, -0.1) is 10.2 Å². The summed E-state index contributed by atoms with van der Waals surface area (Å²) in [6, 6.07) is 13.3. The summed E-state index contributed by atoms with van der Waals surface area (Å²) < 4.78 is 10.7. The standard InChI is InChI=1S/C18H16N4O5S/c1-26-15-8-3-2-5-13(15)10-19-16(23)11-28-18-21-20-17(27-18)12-6-4-7-14(9-12)22(24)25/h2-9H,10-11H2,1H3,(H,19,23). The van der Waals surface area contributed by atoms with Gasteiger partial charge in [-0.1, -0.05) is 36.0 Å². The van der Waals surface area contributed by atoms with E-state index in [-0.39, 0.29) is 28.5 Å². The minimum atomic E-state index is -0.498. The van der Waals surface area contributed by atoms with Crippen molar-refractivity contribution in [2.45, 2.75) is 11.8 Å². The van der Waals surface area contributed by atoms with E-state index in [1.807, 2.05) is 24.3 Å². The summed E-state index contributed by atoms with van der Waals surface area (Å²) in [5, 5.41) is 21.6. The van der Waals surface area contributed by atoms with Crippen LogP contribution in [-0.2, 0) is 11.3 Å². The molecule has 0 fully saturated rings. The Balaban J connectivity index is 1.55. The highest BCUT2D eigenvalue weighted by Crippen LogP contribution is 2.25. The van der Waals surface area contributed by atoms with Gasteiger partial charge in [0.1, 0.15) is 5.75 Å². The first kappa shape index (κ1) is 19.4. The highest BCUT2D eigenvalue weighted by atomic mass is 32.2. The van der Waals surface area contributed by atoms with Crippen molar-refractivity contribution in [3.8, 4) is 17.2 Å². The van der Waals surface area contributed by atoms with E-state index in [0.717, 1.165) is 17.3 Å². The van der Waals surface area contributed by atoms with Crippen molar-refractivity contribution in [3.63, 3.8) is 0 Å². The third-order valence-electron chi connectivity index (χ3n) is 3.71. The maximum atomic E-state index is 12.0. The first-order valence-corrected chi connectivity index (χ1v) is 9.15. The zero-order chi connectivity index (χ0) is 19.9. The van der Waals surface area contributed by atoms with Gasteiger partial charge in [-0.3, -0.25) is 14.9 Å². The van der Waals surface area contributed by atoms with Gasteiger partial charge in [0.2, 0.25) is 11.8 Å².